The molecule has 0 radical (unpaired) electrons. The summed E-state index contributed by atoms with van der Waals surface area (Å²) in [5.41, 5.74) is 2.53. The second kappa shape index (κ2) is 5.31. The predicted octanol–water partition coefficient (Wildman–Crippen LogP) is 3.48. The van der Waals surface area contributed by atoms with Gasteiger partial charge in [0.2, 0.25) is 0 Å². The summed E-state index contributed by atoms with van der Waals surface area (Å²) >= 11 is 3.40. The van der Waals surface area contributed by atoms with Gasteiger partial charge in [0.15, 0.2) is 5.78 Å². The van der Waals surface area contributed by atoms with Gasteiger partial charge in [-0.2, -0.15) is 0 Å². The molecule has 1 saturated heterocycles. The molecule has 2 N–H and O–H groups in total. The van der Waals surface area contributed by atoms with Gasteiger partial charge in [0, 0.05) is 10.2 Å². The Morgan fingerprint density at radius 2 is 1.91 bits per heavy atom. The molecule has 1 aliphatic rings. The normalized spacial score (nSPS) is 18.1. The van der Waals surface area contributed by atoms with Crippen LogP contribution in [-0.2, 0) is 4.79 Å². The summed E-state index contributed by atoms with van der Waals surface area (Å²) in [4.78, 5) is 21.8. The number of imidazole rings is 1. The third-order valence-electron chi connectivity index (χ3n) is 4.02. The van der Waals surface area contributed by atoms with E-state index in [2.05, 4.69) is 25.9 Å². The molecule has 0 saturated carbocycles. The van der Waals surface area contributed by atoms with E-state index in [1.807, 2.05) is 48.5 Å². The number of amidine groups is 1. The largest absolute Gasteiger partial charge is 0.341 e. The van der Waals surface area contributed by atoms with Crippen molar-refractivity contribution in [3.63, 3.8) is 0 Å². The highest BCUT2D eigenvalue weighted by Gasteiger charge is 2.39. The molecule has 0 aliphatic carbocycles. The molecule has 0 amide bonds. The highest BCUT2D eigenvalue weighted by Crippen LogP contribution is 2.30. The smallest absolute Gasteiger partial charge is 0.170 e. The Labute approximate surface area is 141 Å². The average Bonchev–Trinajstić information content (AvgIpc) is 3.08. The molecule has 1 atom stereocenters. The van der Waals surface area contributed by atoms with Gasteiger partial charge in [0.1, 0.15) is 17.6 Å². The number of ketones is 1. The van der Waals surface area contributed by atoms with E-state index < -0.39 is 5.92 Å². The Bertz CT molecular complexity index is 883. The fourth-order valence-corrected chi connectivity index (χ4v) is 3.15. The number of carbonyl (C=O) groups is 1. The maximum absolute atomic E-state index is 12.5. The molecular formula is C17H13BrN4O. The van der Waals surface area contributed by atoms with Crippen LogP contribution in [-0.4, -0.2) is 28.1 Å². The van der Waals surface area contributed by atoms with Crippen molar-refractivity contribution in [2.45, 2.75) is 5.92 Å². The number of hydrogen-bond donors (Lipinski definition) is 2. The van der Waals surface area contributed by atoms with Gasteiger partial charge < -0.3 is 9.88 Å². The molecule has 1 unspecified atom stereocenters. The predicted molar refractivity (Wildman–Crippen MR) is 93.1 cm³/mol. The zero-order valence-corrected chi connectivity index (χ0v) is 13.7. The molecule has 2 aromatic carbocycles. The van der Waals surface area contributed by atoms with Crippen molar-refractivity contribution in [1.82, 2.24) is 9.97 Å². The van der Waals surface area contributed by atoms with E-state index in [1.54, 1.807) is 4.90 Å². The Balaban J connectivity index is 1.71. The summed E-state index contributed by atoms with van der Waals surface area (Å²) in [6.07, 6.45) is 0. The van der Waals surface area contributed by atoms with E-state index >= 15 is 0 Å². The van der Waals surface area contributed by atoms with Crippen LogP contribution in [0, 0.1) is 5.41 Å². The molecule has 114 valence electrons. The summed E-state index contributed by atoms with van der Waals surface area (Å²) < 4.78 is 0.965. The van der Waals surface area contributed by atoms with E-state index in [0.717, 1.165) is 21.2 Å². The van der Waals surface area contributed by atoms with Gasteiger partial charge in [-0.05, 0) is 36.4 Å². The molecule has 1 aromatic heterocycles. The fourth-order valence-electron chi connectivity index (χ4n) is 2.88. The van der Waals surface area contributed by atoms with Crippen LogP contribution >= 0.6 is 15.9 Å². The SMILES string of the molecule is N=C1C(c2nc3ccccc3[nH]2)C(=O)CN1c1ccc(Br)cc1. The van der Waals surface area contributed by atoms with Crippen molar-refractivity contribution in [1.29, 1.82) is 5.41 Å². The highest BCUT2D eigenvalue weighted by atomic mass is 79.9. The number of anilines is 1. The first-order valence-electron chi connectivity index (χ1n) is 7.22. The van der Waals surface area contributed by atoms with Crippen LogP contribution in [0.5, 0.6) is 0 Å². The number of nitrogens with one attached hydrogen (secondary N) is 2. The second-order valence-corrected chi connectivity index (χ2v) is 6.40. The number of Topliss-reactive ketones (excluding diaryl/α,β-unsaturated/α-hetero) is 1. The van der Waals surface area contributed by atoms with Crippen LogP contribution in [0.1, 0.15) is 11.7 Å². The van der Waals surface area contributed by atoms with Crippen molar-refractivity contribution < 1.29 is 4.79 Å². The van der Waals surface area contributed by atoms with Gasteiger partial charge in [-0.15, -0.1) is 0 Å². The molecule has 1 aliphatic heterocycles. The highest BCUT2D eigenvalue weighted by molar-refractivity contribution is 9.10. The minimum absolute atomic E-state index is 0.0167. The Kier molecular flexibility index (Phi) is 3.27. The van der Waals surface area contributed by atoms with E-state index in [9.17, 15) is 4.79 Å². The number of rotatable bonds is 2. The topological polar surface area (TPSA) is 72.8 Å². The first-order valence-corrected chi connectivity index (χ1v) is 8.02. The molecule has 1 fully saturated rings. The van der Waals surface area contributed by atoms with Gasteiger partial charge in [0.05, 0.1) is 17.6 Å². The Hall–Kier alpha value is -2.47. The number of para-hydroxylation sites is 2. The lowest BCUT2D eigenvalue weighted by atomic mass is 10.1. The lowest BCUT2D eigenvalue weighted by Crippen LogP contribution is -2.25. The molecule has 3 aromatic rings. The van der Waals surface area contributed by atoms with Crippen molar-refractivity contribution in [2.24, 2.45) is 0 Å². The second-order valence-electron chi connectivity index (χ2n) is 5.49. The standard InChI is InChI=1S/C17H13BrN4O/c18-10-5-7-11(8-6-10)22-9-14(23)15(16(22)19)17-20-12-3-1-2-4-13(12)21-17/h1-8,15,19H,9H2,(H,20,21). The molecule has 23 heavy (non-hydrogen) atoms. The monoisotopic (exact) mass is 368 g/mol. The Morgan fingerprint density at radius 1 is 1.17 bits per heavy atom. The number of hydrogen-bond acceptors (Lipinski definition) is 3. The number of carbonyl (C=O) groups excluding carboxylic acids is 1. The van der Waals surface area contributed by atoms with Gasteiger partial charge in [-0.25, -0.2) is 4.98 Å². The zero-order valence-electron chi connectivity index (χ0n) is 12.1. The molecule has 2 heterocycles. The van der Waals surface area contributed by atoms with E-state index in [-0.39, 0.29) is 18.2 Å². The zero-order chi connectivity index (χ0) is 16.0. The quantitative estimate of drug-likeness (QED) is 0.727. The third kappa shape index (κ3) is 2.35. The maximum Gasteiger partial charge on any atom is 0.170 e. The van der Waals surface area contributed by atoms with Crippen molar-refractivity contribution in [3.05, 3.63) is 58.8 Å². The summed E-state index contributed by atoms with van der Waals surface area (Å²) in [5.74, 6) is 0.153. The van der Waals surface area contributed by atoms with Crippen LogP contribution < -0.4 is 4.90 Å². The molecule has 0 bridgehead atoms. The summed E-state index contributed by atoms with van der Waals surface area (Å²) in [5, 5.41) is 8.43. The number of nitrogens with zero attached hydrogens (tertiary/aromatic N) is 2. The number of fused-ring (bicyclic) bond motifs is 1. The van der Waals surface area contributed by atoms with E-state index in [4.69, 9.17) is 5.41 Å². The number of halogens is 1. The van der Waals surface area contributed by atoms with Gasteiger partial charge in [-0.3, -0.25) is 10.2 Å². The van der Waals surface area contributed by atoms with Crippen LogP contribution in [0.4, 0.5) is 5.69 Å². The maximum atomic E-state index is 12.5. The number of benzene rings is 2. The minimum Gasteiger partial charge on any atom is -0.341 e. The minimum atomic E-state index is -0.633. The molecule has 4 rings (SSSR count). The number of H-pyrrole nitrogens is 1. The van der Waals surface area contributed by atoms with Gasteiger partial charge >= 0.3 is 0 Å². The first-order chi connectivity index (χ1) is 11.1. The molecule has 0 spiro atoms. The molecule has 6 heteroatoms. The van der Waals surface area contributed by atoms with Crippen molar-refractivity contribution in [3.8, 4) is 0 Å². The lowest BCUT2D eigenvalue weighted by Gasteiger charge is -2.18. The van der Waals surface area contributed by atoms with Gasteiger partial charge in [-0.1, -0.05) is 28.1 Å². The van der Waals surface area contributed by atoms with E-state index in [1.165, 1.54) is 0 Å². The average molecular weight is 369 g/mol. The van der Waals surface area contributed by atoms with E-state index in [0.29, 0.717) is 5.82 Å². The van der Waals surface area contributed by atoms with Crippen LogP contribution in [0.3, 0.4) is 0 Å². The van der Waals surface area contributed by atoms with Gasteiger partial charge in [0.25, 0.3) is 0 Å². The van der Waals surface area contributed by atoms with Crippen LogP contribution in [0.25, 0.3) is 11.0 Å². The summed E-state index contributed by atoms with van der Waals surface area (Å²) in [6.45, 7) is 0.197. The molecule has 5 nitrogen and oxygen atoms in total. The Morgan fingerprint density at radius 3 is 2.65 bits per heavy atom. The molecular weight excluding hydrogens is 356 g/mol. The lowest BCUT2D eigenvalue weighted by molar-refractivity contribution is -0.117. The van der Waals surface area contributed by atoms with Crippen molar-refractivity contribution >= 4 is 44.3 Å². The van der Waals surface area contributed by atoms with Crippen LogP contribution in [0.15, 0.2) is 53.0 Å². The van der Waals surface area contributed by atoms with Crippen molar-refractivity contribution in [2.75, 3.05) is 11.4 Å². The fraction of sp³-hybridized carbons (Fsp3) is 0.118. The third-order valence-corrected chi connectivity index (χ3v) is 4.55. The summed E-state index contributed by atoms with van der Waals surface area (Å²) in [6, 6.07) is 15.2. The number of aromatic nitrogens is 2. The summed E-state index contributed by atoms with van der Waals surface area (Å²) in [7, 11) is 0. The first kappa shape index (κ1) is 14.1. The van der Waals surface area contributed by atoms with Crippen LogP contribution in [0.2, 0.25) is 0 Å². The number of aromatic amines is 1.